The van der Waals surface area contributed by atoms with Gasteiger partial charge in [0.25, 0.3) is 0 Å². The van der Waals surface area contributed by atoms with Gasteiger partial charge in [0.05, 0.1) is 7.11 Å². The van der Waals surface area contributed by atoms with Crippen molar-refractivity contribution in [1.82, 2.24) is 0 Å². The Kier molecular flexibility index (Phi) is 4.25. The van der Waals surface area contributed by atoms with Gasteiger partial charge in [-0.3, -0.25) is 4.79 Å². The Bertz CT molecular complexity index is 663. The minimum Gasteiger partial charge on any atom is -0.494 e. The standard InChI is InChI=1S/C16H12F2O2/c1-20-16-8-6-11(9-14(16)18)5-7-15(19)12-3-2-4-13(17)10-12/h2-10H,1H3. The van der Waals surface area contributed by atoms with Gasteiger partial charge in [0, 0.05) is 5.56 Å². The van der Waals surface area contributed by atoms with Crippen LogP contribution in [-0.2, 0) is 0 Å². The number of halogens is 2. The lowest BCUT2D eigenvalue weighted by atomic mass is 10.1. The van der Waals surface area contributed by atoms with Crippen LogP contribution in [0.5, 0.6) is 5.75 Å². The number of allylic oxidation sites excluding steroid dienone is 1. The molecule has 0 heterocycles. The molecular formula is C16H12F2O2. The Labute approximate surface area is 115 Å². The lowest BCUT2D eigenvalue weighted by Gasteiger charge is -2.01. The van der Waals surface area contributed by atoms with E-state index in [4.69, 9.17) is 4.74 Å². The molecule has 2 aromatic rings. The zero-order valence-corrected chi connectivity index (χ0v) is 10.8. The summed E-state index contributed by atoms with van der Waals surface area (Å²) in [5.41, 5.74) is 0.767. The van der Waals surface area contributed by atoms with Crippen molar-refractivity contribution in [1.29, 1.82) is 0 Å². The van der Waals surface area contributed by atoms with Crippen LogP contribution in [0, 0.1) is 11.6 Å². The second-order valence-corrected chi connectivity index (χ2v) is 4.10. The fourth-order valence-electron chi connectivity index (χ4n) is 1.70. The number of carbonyl (C=O) groups excluding carboxylic acids is 1. The Balaban J connectivity index is 2.17. The van der Waals surface area contributed by atoms with Gasteiger partial charge in [-0.1, -0.05) is 24.3 Å². The summed E-state index contributed by atoms with van der Waals surface area (Å²) in [6, 6.07) is 9.75. The third kappa shape index (κ3) is 3.29. The molecule has 0 aliphatic carbocycles. The van der Waals surface area contributed by atoms with Crippen LogP contribution >= 0.6 is 0 Å². The van der Waals surface area contributed by atoms with E-state index in [-0.39, 0.29) is 17.1 Å². The molecule has 20 heavy (non-hydrogen) atoms. The van der Waals surface area contributed by atoms with Gasteiger partial charge in [-0.15, -0.1) is 0 Å². The van der Waals surface area contributed by atoms with Gasteiger partial charge in [-0.2, -0.15) is 0 Å². The summed E-state index contributed by atoms with van der Waals surface area (Å²) < 4.78 is 31.2. The lowest BCUT2D eigenvalue weighted by molar-refractivity contribution is 0.104. The van der Waals surface area contributed by atoms with Crippen molar-refractivity contribution in [3.8, 4) is 5.75 Å². The predicted molar refractivity (Wildman–Crippen MR) is 72.7 cm³/mol. The average molecular weight is 274 g/mol. The first-order valence-electron chi connectivity index (χ1n) is 5.91. The quantitative estimate of drug-likeness (QED) is 0.625. The van der Waals surface area contributed by atoms with E-state index < -0.39 is 11.6 Å². The van der Waals surface area contributed by atoms with Crippen molar-refractivity contribution >= 4 is 11.9 Å². The molecule has 0 radical (unpaired) electrons. The van der Waals surface area contributed by atoms with Crippen molar-refractivity contribution in [3.63, 3.8) is 0 Å². The van der Waals surface area contributed by atoms with Gasteiger partial charge in [-0.05, 0) is 35.9 Å². The Morgan fingerprint density at radius 1 is 1.15 bits per heavy atom. The molecule has 0 bridgehead atoms. The van der Waals surface area contributed by atoms with Crippen LogP contribution < -0.4 is 4.74 Å². The van der Waals surface area contributed by atoms with Crippen molar-refractivity contribution < 1.29 is 18.3 Å². The number of methoxy groups -OCH3 is 1. The van der Waals surface area contributed by atoms with E-state index in [0.29, 0.717) is 5.56 Å². The molecule has 102 valence electrons. The largest absolute Gasteiger partial charge is 0.494 e. The van der Waals surface area contributed by atoms with Crippen LogP contribution in [0.15, 0.2) is 48.5 Å². The molecular weight excluding hydrogens is 262 g/mol. The van der Waals surface area contributed by atoms with Gasteiger partial charge in [0.2, 0.25) is 0 Å². The minimum absolute atomic E-state index is 0.138. The summed E-state index contributed by atoms with van der Waals surface area (Å²) in [6.07, 6.45) is 2.74. The number of benzene rings is 2. The van der Waals surface area contributed by atoms with Gasteiger partial charge >= 0.3 is 0 Å². The maximum Gasteiger partial charge on any atom is 0.185 e. The molecule has 0 saturated carbocycles. The van der Waals surface area contributed by atoms with Crippen LogP contribution in [0.1, 0.15) is 15.9 Å². The van der Waals surface area contributed by atoms with Gasteiger partial charge in [0.15, 0.2) is 17.3 Å². The fourth-order valence-corrected chi connectivity index (χ4v) is 1.70. The molecule has 0 aliphatic heterocycles. The summed E-state index contributed by atoms with van der Waals surface area (Å²) in [5, 5.41) is 0. The number of ether oxygens (including phenoxy) is 1. The molecule has 2 rings (SSSR count). The first-order valence-corrected chi connectivity index (χ1v) is 5.91. The maximum absolute atomic E-state index is 13.5. The molecule has 2 aromatic carbocycles. The zero-order chi connectivity index (χ0) is 14.5. The Hall–Kier alpha value is -2.49. The second kappa shape index (κ2) is 6.10. The van der Waals surface area contributed by atoms with Crippen molar-refractivity contribution in [2.45, 2.75) is 0 Å². The van der Waals surface area contributed by atoms with E-state index in [0.717, 1.165) is 6.07 Å². The van der Waals surface area contributed by atoms with Crippen LogP contribution in [0.3, 0.4) is 0 Å². The van der Waals surface area contributed by atoms with Crippen molar-refractivity contribution in [2.75, 3.05) is 7.11 Å². The van der Waals surface area contributed by atoms with Crippen LogP contribution in [0.2, 0.25) is 0 Å². The van der Waals surface area contributed by atoms with E-state index in [1.807, 2.05) is 0 Å². The summed E-state index contributed by atoms with van der Waals surface area (Å²) in [4.78, 5) is 11.8. The fraction of sp³-hybridized carbons (Fsp3) is 0.0625. The first-order chi connectivity index (χ1) is 9.60. The molecule has 0 atom stereocenters. The Morgan fingerprint density at radius 2 is 1.95 bits per heavy atom. The topological polar surface area (TPSA) is 26.3 Å². The number of rotatable bonds is 4. The summed E-state index contributed by atoms with van der Waals surface area (Å²) >= 11 is 0. The molecule has 0 aliphatic rings. The summed E-state index contributed by atoms with van der Waals surface area (Å²) in [5.74, 6) is -1.19. The zero-order valence-electron chi connectivity index (χ0n) is 10.8. The third-order valence-electron chi connectivity index (χ3n) is 2.71. The molecule has 0 aromatic heterocycles. The maximum atomic E-state index is 13.5. The van der Waals surface area contributed by atoms with Crippen LogP contribution in [0.4, 0.5) is 8.78 Å². The smallest absolute Gasteiger partial charge is 0.185 e. The molecule has 2 nitrogen and oxygen atoms in total. The normalized spacial score (nSPS) is 10.8. The molecule has 0 unspecified atom stereocenters. The molecule has 0 saturated heterocycles. The van der Waals surface area contributed by atoms with E-state index >= 15 is 0 Å². The lowest BCUT2D eigenvalue weighted by Crippen LogP contribution is -1.94. The van der Waals surface area contributed by atoms with Crippen LogP contribution in [-0.4, -0.2) is 12.9 Å². The third-order valence-corrected chi connectivity index (χ3v) is 2.71. The highest BCUT2D eigenvalue weighted by Gasteiger charge is 2.04. The van der Waals surface area contributed by atoms with Crippen LogP contribution in [0.25, 0.3) is 6.08 Å². The van der Waals surface area contributed by atoms with E-state index in [1.165, 1.54) is 49.6 Å². The summed E-state index contributed by atoms with van der Waals surface area (Å²) in [7, 11) is 1.38. The van der Waals surface area contributed by atoms with Crippen molar-refractivity contribution in [3.05, 3.63) is 71.3 Å². The predicted octanol–water partition coefficient (Wildman–Crippen LogP) is 3.87. The van der Waals surface area contributed by atoms with Crippen molar-refractivity contribution in [2.24, 2.45) is 0 Å². The molecule has 0 fully saturated rings. The number of ketones is 1. The van der Waals surface area contributed by atoms with E-state index in [2.05, 4.69) is 0 Å². The average Bonchev–Trinajstić information content (AvgIpc) is 2.45. The highest BCUT2D eigenvalue weighted by molar-refractivity contribution is 6.06. The minimum atomic E-state index is -0.507. The van der Waals surface area contributed by atoms with Gasteiger partial charge < -0.3 is 4.74 Å². The Morgan fingerprint density at radius 3 is 2.60 bits per heavy atom. The summed E-state index contributed by atoms with van der Waals surface area (Å²) in [6.45, 7) is 0. The second-order valence-electron chi connectivity index (χ2n) is 4.10. The number of carbonyl (C=O) groups is 1. The number of hydrogen-bond acceptors (Lipinski definition) is 2. The molecule has 0 N–H and O–H groups in total. The molecule has 0 spiro atoms. The molecule has 0 amide bonds. The molecule has 4 heteroatoms. The highest BCUT2D eigenvalue weighted by atomic mass is 19.1. The SMILES string of the molecule is COc1ccc(C=CC(=O)c2cccc(F)c2)cc1F. The first kappa shape index (κ1) is 13.9. The van der Waals surface area contributed by atoms with E-state index in [1.54, 1.807) is 6.07 Å². The number of hydrogen-bond donors (Lipinski definition) is 0. The highest BCUT2D eigenvalue weighted by Crippen LogP contribution is 2.18. The van der Waals surface area contributed by atoms with Gasteiger partial charge in [-0.25, -0.2) is 8.78 Å². The van der Waals surface area contributed by atoms with E-state index in [9.17, 15) is 13.6 Å². The van der Waals surface area contributed by atoms with Gasteiger partial charge in [0.1, 0.15) is 5.82 Å². The monoisotopic (exact) mass is 274 g/mol.